The zero-order valence-electron chi connectivity index (χ0n) is 12.2. The van der Waals surface area contributed by atoms with Crippen LogP contribution >= 0.6 is 0 Å². The summed E-state index contributed by atoms with van der Waals surface area (Å²) in [6.45, 7) is 12.9. The van der Waals surface area contributed by atoms with E-state index in [9.17, 15) is 0 Å². The molecule has 0 spiro atoms. The van der Waals surface area contributed by atoms with Crippen molar-refractivity contribution in [2.75, 3.05) is 0 Å². The van der Waals surface area contributed by atoms with Gasteiger partial charge in [-0.2, -0.15) is 0 Å². The highest BCUT2D eigenvalue weighted by Gasteiger charge is 2.04. The maximum absolute atomic E-state index is 3.92. The zero-order chi connectivity index (χ0) is 13.1. The molecule has 1 unspecified atom stereocenters. The summed E-state index contributed by atoms with van der Waals surface area (Å²) >= 11 is 0. The molecule has 0 saturated carbocycles. The molecule has 0 aliphatic rings. The fraction of sp³-hybridized carbons (Fsp3) is 0.647. The van der Waals surface area contributed by atoms with Crippen LogP contribution in [-0.4, -0.2) is 0 Å². The first-order valence-corrected chi connectivity index (χ1v) is 7.13. The van der Waals surface area contributed by atoms with Crippen LogP contribution in [0.2, 0.25) is 0 Å². The van der Waals surface area contributed by atoms with Crippen molar-refractivity contribution < 1.29 is 0 Å². The minimum atomic E-state index is 0.621. The summed E-state index contributed by atoms with van der Waals surface area (Å²) in [5.41, 5.74) is 1.47. The van der Waals surface area contributed by atoms with Gasteiger partial charge in [0.2, 0.25) is 0 Å². The van der Waals surface area contributed by atoms with Crippen molar-refractivity contribution in [3.05, 3.63) is 36.5 Å². The Hall–Kier alpha value is -0.780. The summed E-state index contributed by atoms with van der Waals surface area (Å²) in [5.74, 6) is 1.25. The second-order valence-corrected chi connectivity index (χ2v) is 5.14. The summed E-state index contributed by atoms with van der Waals surface area (Å²) in [4.78, 5) is 0. The molecule has 98 valence electrons. The van der Waals surface area contributed by atoms with E-state index in [0.29, 0.717) is 11.8 Å². The van der Waals surface area contributed by atoms with Gasteiger partial charge in [0.05, 0.1) is 0 Å². The summed E-state index contributed by atoms with van der Waals surface area (Å²) < 4.78 is 0. The molecule has 0 aromatic rings. The molecule has 0 amide bonds. The molecule has 0 nitrogen and oxygen atoms in total. The molecule has 17 heavy (non-hydrogen) atoms. The van der Waals surface area contributed by atoms with E-state index in [1.807, 2.05) is 0 Å². The Bertz CT molecular complexity index is 243. The van der Waals surface area contributed by atoms with E-state index in [4.69, 9.17) is 0 Å². The van der Waals surface area contributed by atoms with Crippen LogP contribution < -0.4 is 0 Å². The normalized spacial score (nSPS) is 14.5. The van der Waals surface area contributed by atoms with Crippen LogP contribution in [0.25, 0.3) is 0 Å². The lowest BCUT2D eigenvalue weighted by Gasteiger charge is -2.11. The summed E-state index contributed by atoms with van der Waals surface area (Å²) in [5, 5.41) is 0. The van der Waals surface area contributed by atoms with Crippen molar-refractivity contribution in [1.29, 1.82) is 0 Å². The SMILES string of the molecule is C=CC(CC)CC(C=CCCCC)=CC(C)C. The highest BCUT2D eigenvalue weighted by atomic mass is 14.1. The molecule has 0 aromatic carbocycles. The first-order chi connectivity index (χ1) is 8.13. The van der Waals surface area contributed by atoms with Crippen LogP contribution in [0.4, 0.5) is 0 Å². The largest absolute Gasteiger partial charge is 0.103 e. The Morgan fingerprint density at radius 2 is 1.94 bits per heavy atom. The average molecular weight is 234 g/mol. The van der Waals surface area contributed by atoms with E-state index in [2.05, 4.69) is 58.6 Å². The fourth-order valence-corrected chi connectivity index (χ4v) is 1.87. The monoisotopic (exact) mass is 234 g/mol. The molecular formula is C17H30. The molecule has 0 fully saturated rings. The van der Waals surface area contributed by atoms with Crippen LogP contribution in [0.15, 0.2) is 36.5 Å². The van der Waals surface area contributed by atoms with Crippen LogP contribution in [0.3, 0.4) is 0 Å². The van der Waals surface area contributed by atoms with Gasteiger partial charge in [0.1, 0.15) is 0 Å². The Balaban J connectivity index is 4.43. The highest BCUT2D eigenvalue weighted by Crippen LogP contribution is 2.19. The van der Waals surface area contributed by atoms with E-state index >= 15 is 0 Å². The molecular weight excluding hydrogens is 204 g/mol. The van der Waals surface area contributed by atoms with Gasteiger partial charge in [-0.3, -0.25) is 0 Å². The van der Waals surface area contributed by atoms with Crippen molar-refractivity contribution in [3.8, 4) is 0 Å². The van der Waals surface area contributed by atoms with Gasteiger partial charge in [0.15, 0.2) is 0 Å². The fourth-order valence-electron chi connectivity index (χ4n) is 1.87. The molecule has 0 rings (SSSR count). The predicted molar refractivity (Wildman–Crippen MR) is 80.2 cm³/mol. The first-order valence-electron chi connectivity index (χ1n) is 7.13. The number of rotatable bonds is 9. The minimum Gasteiger partial charge on any atom is -0.103 e. The number of unbranched alkanes of at least 4 members (excludes halogenated alkanes) is 2. The second kappa shape index (κ2) is 10.4. The minimum absolute atomic E-state index is 0.621. The standard InChI is InChI=1S/C17H30/c1-6-9-10-11-12-17(13-15(4)5)14-16(7-2)8-3/h7,11-13,15-16H,2,6,8-10,14H2,1,3-5H3. The predicted octanol–water partition coefficient (Wildman–Crippen LogP) is 5.92. The van der Waals surface area contributed by atoms with Gasteiger partial charge in [-0.15, -0.1) is 6.58 Å². The van der Waals surface area contributed by atoms with Crippen LogP contribution in [0.5, 0.6) is 0 Å². The van der Waals surface area contributed by atoms with Crippen molar-refractivity contribution >= 4 is 0 Å². The summed E-state index contributed by atoms with van der Waals surface area (Å²) in [6, 6.07) is 0. The molecule has 0 radical (unpaired) electrons. The van der Waals surface area contributed by atoms with Crippen LogP contribution in [-0.2, 0) is 0 Å². The molecule has 0 aliphatic heterocycles. The second-order valence-electron chi connectivity index (χ2n) is 5.14. The van der Waals surface area contributed by atoms with E-state index in [-0.39, 0.29) is 0 Å². The Kier molecular flexibility index (Phi) is 9.90. The lowest BCUT2D eigenvalue weighted by Crippen LogP contribution is -1.96. The van der Waals surface area contributed by atoms with Crippen LogP contribution in [0, 0.1) is 11.8 Å². The molecule has 0 aliphatic carbocycles. The summed E-state index contributed by atoms with van der Waals surface area (Å²) in [7, 11) is 0. The van der Waals surface area contributed by atoms with Gasteiger partial charge in [-0.1, -0.05) is 70.4 Å². The Morgan fingerprint density at radius 3 is 2.41 bits per heavy atom. The van der Waals surface area contributed by atoms with E-state index in [0.717, 1.165) is 6.42 Å². The number of hydrogen-bond acceptors (Lipinski definition) is 0. The van der Waals surface area contributed by atoms with E-state index in [1.54, 1.807) is 0 Å². The maximum atomic E-state index is 3.92. The van der Waals surface area contributed by atoms with Crippen molar-refractivity contribution in [1.82, 2.24) is 0 Å². The molecule has 0 saturated heterocycles. The number of hydrogen-bond donors (Lipinski definition) is 0. The quantitative estimate of drug-likeness (QED) is 0.264. The zero-order valence-corrected chi connectivity index (χ0v) is 12.2. The molecule has 0 heterocycles. The van der Waals surface area contributed by atoms with Gasteiger partial charge in [0, 0.05) is 0 Å². The molecule has 1 atom stereocenters. The van der Waals surface area contributed by atoms with Crippen molar-refractivity contribution in [3.63, 3.8) is 0 Å². The van der Waals surface area contributed by atoms with E-state index < -0.39 is 0 Å². The van der Waals surface area contributed by atoms with Gasteiger partial charge in [-0.05, 0) is 31.1 Å². The first kappa shape index (κ1) is 16.2. The molecule has 0 bridgehead atoms. The third-order valence-electron chi connectivity index (χ3n) is 2.96. The molecule has 0 heteroatoms. The smallest absolute Gasteiger partial charge is 0.0198 e. The lowest BCUT2D eigenvalue weighted by atomic mass is 9.94. The third-order valence-corrected chi connectivity index (χ3v) is 2.96. The Labute approximate surface area is 109 Å². The molecule has 0 aromatic heterocycles. The van der Waals surface area contributed by atoms with Gasteiger partial charge >= 0.3 is 0 Å². The maximum Gasteiger partial charge on any atom is -0.0198 e. The highest BCUT2D eigenvalue weighted by molar-refractivity contribution is 5.20. The van der Waals surface area contributed by atoms with Gasteiger partial charge in [0.25, 0.3) is 0 Å². The summed E-state index contributed by atoms with van der Waals surface area (Å²) in [6.07, 6.45) is 15.2. The topological polar surface area (TPSA) is 0 Å². The van der Waals surface area contributed by atoms with Crippen molar-refractivity contribution in [2.45, 2.75) is 59.8 Å². The third kappa shape index (κ3) is 8.97. The van der Waals surface area contributed by atoms with Crippen molar-refractivity contribution in [2.24, 2.45) is 11.8 Å². The lowest BCUT2D eigenvalue weighted by molar-refractivity contribution is 0.623. The van der Waals surface area contributed by atoms with Gasteiger partial charge in [-0.25, -0.2) is 0 Å². The number of allylic oxidation sites excluding steroid dienone is 5. The van der Waals surface area contributed by atoms with E-state index in [1.165, 1.54) is 31.3 Å². The Morgan fingerprint density at radius 1 is 1.24 bits per heavy atom. The molecule has 0 N–H and O–H groups in total. The van der Waals surface area contributed by atoms with Crippen LogP contribution in [0.1, 0.15) is 59.8 Å². The van der Waals surface area contributed by atoms with Gasteiger partial charge < -0.3 is 0 Å². The average Bonchev–Trinajstić information content (AvgIpc) is 2.30.